The van der Waals surface area contributed by atoms with Crippen molar-refractivity contribution < 1.29 is 14.3 Å². The summed E-state index contributed by atoms with van der Waals surface area (Å²) in [7, 11) is 3.59. The largest absolute Gasteiger partial charge is 0.497 e. The Hall–Kier alpha value is -3.71. The molecule has 172 valence electrons. The van der Waals surface area contributed by atoms with Crippen molar-refractivity contribution in [2.24, 2.45) is 7.05 Å². The number of amides is 2. The summed E-state index contributed by atoms with van der Waals surface area (Å²) in [5.41, 5.74) is 3.55. The molecule has 1 aliphatic heterocycles. The molecule has 0 bridgehead atoms. The Bertz CT molecular complexity index is 1350. The molecule has 7 heteroatoms. The van der Waals surface area contributed by atoms with Crippen molar-refractivity contribution in [3.05, 3.63) is 90.0 Å². The van der Waals surface area contributed by atoms with Crippen LogP contribution in [0.5, 0.6) is 5.75 Å². The Labute approximate surface area is 202 Å². The first-order valence-corrected chi connectivity index (χ1v) is 12.0. The number of para-hydroxylation sites is 1. The van der Waals surface area contributed by atoms with Crippen LogP contribution in [0.1, 0.15) is 17.2 Å². The maximum atomic E-state index is 13.8. The fourth-order valence-corrected chi connectivity index (χ4v) is 5.55. The van der Waals surface area contributed by atoms with E-state index in [-0.39, 0.29) is 17.6 Å². The zero-order valence-electron chi connectivity index (χ0n) is 19.0. The highest BCUT2D eigenvalue weighted by atomic mass is 32.2. The van der Waals surface area contributed by atoms with Gasteiger partial charge in [-0.15, -0.1) is 0 Å². The molecule has 1 aromatic heterocycles. The van der Waals surface area contributed by atoms with E-state index < -0.39 is 6.04 Å². The molecule has 1 atom stereocenters. The van der Waals surface area contributed by atoms with Crippen LogP contribution in [0.15, 0.2) is 83.9 Å². The lowest BCUT2D eigenvalue weighted by Crippen LogP contribution is -2.43. The van der Waals surface area contributed by atoms with Gasteiger partial charge in [0.25, 0.3) is 0 Å². The van der Waals surface area contributed by atoms with Gasteiger partial charge in [0.2, 0.25) is 11.8 Å². The molecular formula is C27H25N3O3S. The van der Waals surface area contributed by atoms with Crippen LogP contribution in [0.2, 0.25) is 0 Å². The van der Waals surface area contributed by atoms with E-state index in [1.54, 1.807) is 12.0 Å². The van der Waals surface area contributed by atoms with Gasteiger partial charge >= 0.3 is 0 Å². The van der Waals surface area contributed by atoms with Gasteiger partial charge in [0.1, 0.15) is 11.8 Å². The summed E-state index contributed by atoms with van der Waals surface area (Å²) < 4.78 is 7.38. The third kappa shape index (κ3) is 3.92. The average Bonchev–Trinajstić information content (AvgIpc) is 3.05. The van der Waals surface area contributed by atoms with Crippen molar-refractivity contribution in [2.75, 3.05) is 17.8 Å². The van der Waals surface area contributed by atoms with E-state index in [1.807, 2.05) is 85.9 Å². The second kappa shape index (κ2) is 9.27. The third-order valence-corrected chi connectivity index (χ3v) is 7.29. The zero-order valence-corrected chi connectivity index (χ0v) is 19.8. The van der Waals surface area contributed by atoms with Gasteiger partial charge in [-0.1, -0.05) is 60.3 Å². The van der Waals surface area contributed by atoms with Gasteiger partial charge in [0, 0.05) is 35.7 Å². The molecule has 0 radical (unpaired) electrons. The molecular weight excluding hydrogens is 446 g/mol. The first-order chi connectivity index (χ1) is 16.6. The Morgan fingerprint density at radius 3 is 2.47 bits per heavy atom. The number of hydrogen-bond acceptors (Lipinski definition) is 4. The highest BCUT2D eigenvalue weighted by Gasteiger charge is 2.39. The lowest BCUT2D eigenvalue weighted by Gasteiger charge is -2.30. The summed E-state index contributed by atoms with van der Waals surface area (Å²) in [6, 6.07) is 24.3. The second-order valence-corrected chi connectivity index (χ2v) is 9.12. The summed E-state index contributed by atoms with van der Waals surface area (Å²) in [5.74, 6) is 0.603. The normalized spacial score (nSPS) is 15.6. The van der Waals surface area contributed by atoms with E-state index in [9.17, 15) is 9.59 Å². The number of benzene rings is 3. The summed E-state index contributed by atoms with van der Waals surface area (Å²) >= 11 is 1.48. The van der Waals surface area contributed by atoms with E-state index in [2.05, 4.69) is 9.88 Å². The van der Waals surface area contributed by atoms with E-state index in [0.717, 1.165) is 27.1 Å². The highest BCUT2D eigenvalue weighted by molar-refractivity contribution is 8.00. The molecule has 0 saturated heterocycles. The lowest BCUT2D eigenvalue weighted by atomic mass is 10.0. The third-order valence-electron chi connectivity index (χ3n) is 6.13. The van der Waals surface area contributed by atoms with E-state index in [4.69, 9.17) is 4.74 Å². The molecule has 5 rings (SSSR count). The molecule has 1 N–H and O–H groups in total. The Kier molecular flexibility index (Phi) is 6.02. The van der Waals surface area contributed by atoms with Crippen molar-refractivity contribution in [3.63, 3.8) is 0 Å². The Morgan fingerprint density at radius 1 is 1.03 bits per heavy atom. The highest BCUT2D eigenvalue weighted by Crippen LogP contribution is 2.43. The maximum Gasteiger partial charge on any atom is 0.248 e. The van der Waals surface area contributed by atoms with Crippen molar-refractivity contribution in [3.8, 4) is 5.75 Å². The van der Waals surface area contributed by atoms with Crippen LogP contribution in [0.3, 0.4) is 0 Å². The van der Waals surface area contributed by atoms with Crippen LogP contribution in [-0.4, -0.2) is 29.2 Å². The van der Waals surface area contributed by atoms with Gasteiger partial charge in [-0.25, -0.2) is 0 Å². The first kappa shape index (κ1) is 22.1. The molecule has 0 saturated carbocycles. The van der Waals surface area contributed by atoms with E-state index >= 15 is 0 Å². The van der Waals surface area contributed by atoms with Crippen LogP contribution >= 0.6 is 11.8 Å². The van der Waals surface area contributed by atoms with Crippen molar-refractivity contribution in [2.45, 2.75) is 17.6 Å². The monoisotopic (exact) mass is 471 g/mol. The summed E-state index contributed by atoms with van der Waals surface area (Å²) in [6.45, 7) is 0.383. The second-order valence-electron chi connectivity index (χ2n) is 8.15. The van der Waals surface area contributed by atoms with Crippen LogP contribution in [0.4, 0.5) is 5.69 Å². The molecule has 0 aliphatic carbocycles. The molecule has 2 amide bonds. The van der Waals surface area contributed by atoms with Gasteiger partial charge in [-0.3, -0.25) is 14.5 Å². The van der Waals surface area contributed by atoms with Crippen LogP contribution in [-0.2, 0) is 23.2 Å². The molecule has 0 spiro atoms. The number of methoxy groups -OCH3 is 1. The number of anilines is 1. The minimum absolute atomic E-state index is 0.115. The predicted octanol–water partition coefficient (Wildman–Crippen LogP) is 4.68. The number of hydrogen-bond donors (Lipinski definition) is 1. The molecule has 3 aromatic carbocycles. The summed E-state index contributed by atoms with van der Waals surface area (Å²) in [6.07, 6.45) is 0. The SMILES string of the molecule is COc1ccc(N2C(=O)CSc3c(c4ccccc4n3C)C2C(=O)NCc2ccccc2)cc1. The van der Waals surface area contributed by atoms with Gasteiger partial charge in [0.05, 0.1) is 17.9 Å². The number of carbonyl (C=O) groups is 2. The molecule has 34 heavy (non-hydrogen) atoms. The van der Waals surface area contributed by atoms with Crippen LogP contribution < -0.4 is 15.0 Å². The smallest absolute Gasteiger partial charge is 0.248 e. The summed E-state index contributed by atoms with van der Waals surface area (Å²) in [5, 5.41) is 4.99. The molecule has 1 aliphatic rings. The predicted molar refractivity (Wildman–Crippen MR) is 135 cm³/mol. The minimum atomic E-state index is -0.805. The number of fused-ring (bicyclic) bond motifs is 3. The molecule has 2 heterocycles. The van der Waals surface area contributed by atoms with Crippen LogP contribution in [0.25, 0.3) is 10.9 Å². The number of ether oxygens (including phenoxy) is 1. The topological polar surface area (TPSA) is 63.6 Å². The van der Waals surface area contributed by atoms with Crippen molar-refractivity contribution >= 4 is 40.2 Å². The lowest BCUT2D eigenvalue weighted by molar-refractivity contribution is -0.125. The first-order valence-electron chi connectivity index (χ1n) is 11.1. The van der Waals surface area contributed by atoms with E-state index in [0.29, 0.717) is 18.0 Å². The number of nitrogens with one attached hydrogen (secondary N) is 1. The fraction of sp³-hybridized carbons (Fsp3) is 0.185. The van der Waals surface area contributed by atoms with Gasteiger partial charge in [-0.2, -0.15) is 0 Å². The Morgan fingerprint density at radius 2 is 1.74 bits per heavy atom. The maximum absolute atomic E-state index is 13.8. The van der Waals surface area contributed by atoms with Crippen LogP contribution in [0, 0.1) is 0 Å². The number of thioether (sulfide) groups is 1. The number of nitrogens with zero attached hydrogens (tertiary/aromatic N) is 2. The number of aryl methyl sites for hydroxylation is 1. The quantitative estimate of drug-likeness (QED) is 0.459. The van der Waals surface area contributed by atoms with Crippen molar-refractivity contribution in [1.29, 1.82) is 0 Å². The van der Waals surface area contributed by atoms with Gasteiger partial charge < -0.3 is 14.6 Å². The fourth-order valence-electron chi connectivity index (χ4n) is 4.48. The average molecular weight is 472 g/mol. The summed E-state index contributed by atoms with van der Waals surface area (Å²) in [4.78, 5) is 28.9. The Balaban J connectivity index is 1.64. The minimum Gasteiger partial charge on any atom is -0.497 e. The zero-order chi connectivity index (χ0) is 23.7. The standard InChI is InChI=1S/C27H25N3O3S/c1-29-22-11-7-6-10-21(22)24-25(26(32)28-16-18-8-4-3-5-9-18)30(23(31)17-34-27(24)29)19-12-14-20(33-2)15-13-19/h3-15,25H,16-17H2,1-2H3,(H,28,32). The molecule has 0 fully saturated rings. The van der Waals surface area contributed by atoms with Gasteiger partial charge in [0.15, 0.2) is 0 Å². The number of aromatic nitrogens is 1. The number of rotatable bonds is 5. The molecule has 4 aromatic rings. The van der Waals surface area contributed by atoms with Crippen molar-refractivity contribution in [1.82, 2.24) is 9.88 Å². The van der Waals surface area contributed by atoms with Gasteiger partial charge in [-0.05, 0) is 35.9 Å². The number of carbonyl (C=O) groups excluding carboxylic acids is 2. The van der Waals surface area contributed by atoms with E-state index in [1.165, 1.54) is 11.8 Å². The molecule has 6 nitrogen and oxygen atoms in total. The molecule has 1 unspecified atom stereocenters.